The quantitative estimate of drug-likeness (QED) is 0.509. The lowest BCUT2D eigenvalue weighted by Crippen LogP contribution is -2.46. The predicted octanol–water partition coefficient (Wildman–Crippen LogP) is 3.53. The van der Waals surface area contributed by atoms with Crippen LogP contribution in [0.25, 0.3) is 11.1 Å². The number of alkyl carbamates (subject to hydrolysis) is 1. The predicted molar refractivity (Wildman–Crippen MR) is 124 cm³/mol. The van der Waals surface area contributed by atoms with Gasteiger partial charge in [-0.15, -0.1) is 12.3 Å². The van der Waals surface area contributed by atoms with Crippen molar-refractivity contribution in [2.75, 3.05) is 6.61 Å². The fourth-order valence-corrected chi connectivity index (χ4v) is 4.02. The van der Waals surface area contributed by atoms with Gasteiger partial charge < -0.3 is 20.5 Å². The van der Waals surface area contributed by atoms with Gasteiger partial charge in [-0.2, -0.15) is 0 Å². The van der Waals surface area contributed by atoms with E-state index in [9.17, 15) is 14.4 Å². The third kappa shape index (κ3) is 5.72. The number of carbonyl (C=O) groups is 3. The molecule has 0 aliphatic heterocycles. The summed E-state index contributed by atoms with van der Waals surface area (Å²) < 4.78 is 5.56. The van der Waals surface area contributed by atoms with Gasteiger partial charge in [-0.05, 0) is 28.2 Å². The molecule has 0 radical (unpaired) electrons. The Balaban J connectivity index is 1.60. The molecule has 2 atom stereocenters. The van der Waals surface area contributed by atoms with Gasteiger partial charge in [-0.25, -0.2) is 9.59 Å². The lowest BCUT2D eigenvalue weighted by Gasteiger charge is -2.23. The monoisotopic (exact) mass is 448 g/mol. The SMILES string of the molecule is C#CCC(NC(=O)C[C@@H](NC(=O)OCC1c2ccccc2-c2ccccc21)C(C)C)C(=O)O. The summed E-state index contributed by atoms with van der Waals surface area (Å²) >= 11 is 0. The van der Waals surface area contributed by atoms with E-state index in [1.165, 1.54) is 0 Å². The fraction of sp³-hybridized carbons (Fsp3) is 0.346. The zero-order chi connectivity index (χ0) is 24.0. The number of nitrogens with one attached hydrogen (secondary N) is 2. The van der Waals surface area contributed by atoms with E-state index in [1.807, 2.05) is 50.2 Å². The van der Waals surface area contributed by atoms with Crippen LogP contribution >= 0.6 is 0 Å². The third-order valence-electron chi connectivity index (χ3n) is 5.81. The maximum atomic E-state index is 12.6. The largest absolute Gasteiger partial charge is 0.480 e. The van der Waals surface area contributed by atoms with Crippen LogP contribution in [0.4, 0.5) is 4.79 Å². The Labute approximate surface area is 193 Å². The molecule has 2 amide bonds. The average molecular weight is 449 g/mol. The maximum absolute atomic E-state index is 12.6. The highest BCUT2D eigenvalue weighted by Crippen LogP contribution is 2.44. The molecule has 1 aliphatic carbocycles. The van der Waals surface area contributed by atoms with Crippen LogP contribution in [0.5, 0.6) is 0 Å². The molecule has 0 fully saturated rings. The number of ether oxygens (including phenoxy) is 1. The van der Waals surface area contributed by atoms with Crippen LogP contribution in [0, 0.1) is 18.3 Å². The van der Waals surface area contributed by atoms with Crippen molar-refractivity contribution in [2.24, 2.45) is 5.92 Å². The molecule has 7 nitrogen and oxygen atoms in total. The molecular weight excluding hydrogens is 420 g/mol. The number of aliphatic carboxylic acids is 1. The minimum atomic E-state index is -1.20. The van der Waals surface area contributed by atoms with E-state index in [0.717, 1.165) is 22.3 Å². The Morgan fingerprint density at radius 2 is 1.61 bits per heavy atom. The molecular formula is C26H28N2O5. The minimum Gasteiger partial charge on any atom is -0.480 e. The van der Waals surface area contributed by atoms with Crippen molar-refractivity contribution in [3.05, 3.63) is 59.7 Å². The fourth-order valence-electron chi connectivity index (χ4n) is 4.02. The van der Waals surface area contributed by atoms with Crippen LogP contribution in [0.3, 0.4) is 0 Å². The Kier molecular flexibility index (Phi) is 7.73. The van der Waals surface area contributed by atoms with E-state index in [4.69, 9.17) is 16.3 Å². The number of rotatable bonds is 9. The van der Waals surface area contributed by atoms with Gasteiger partial charge in [-0.3, -0.25) is 4.79 Å². The van der Waals surface area contributed by atoms with Crippen molar-refractivity contribution < 1.29 is 24.2 Å². The van der Waals surface area contributed by atoms with Crippen LogP contribution in [-0.4, -0.2) is 41.8 Å². The number of carboxylic acid groups (broad SMARTS) is 1. The summed E-state index contributed by atoms with van der Waals surface area (Å²) in [5.41, 5.74) is 4.50. The molecule has 0 saturated carbocycles. The molecule has 2 aromatic carbocycles. The van der Waals surface area contributed by atoms with Crippen LogP contribution in [0.2, 0.25) is 0 Å². The van der Waals surface area contributed by atoms with Crippen molar-refractivity contribution in [1.82, 2.24) is 10.6 Å². The molecule has 33 heavy (non-hydrogen) atoms. The molecule has 3 N–H and O–H groups in total. The summed E-state index contributed by atoms with van der Waals surface area (Å²) in [7, 11) is 0. The summed E-state index contributed by atoms with van der Waals surface area (Å²) in [6, 6.07) is 14.4. The van der Waals surface area contributed by atoms with Crippen molar-refractivity contribution in [2.45, 2.75) is 44.7 Å². The van der Waals surface area contributed by atoms with Gasteiger partial charge in [0.05, 0.1) is 0 Å². The number of amides is 2. The number of fused-ring (bicyclic) bond motifs is 3. The number of benzene rings is 2. The molecule has 1 unspecified atom stereocenters. The van der Waals surface area contributed by atoms with Gasteiger partial charge in [0.2, 0.25) is 5.91 Å². The zero-order valence-corrected chi connectivity index (χ0v) is 18.7. The second kappa shape index (κ2) is 10.7. The number of hydrogen-bond donors (Lipinski definition) is 3. The Morgan fingerprint density at radius 1 is 1.03 bits per heavy atom. The summed E-state index contributed by atoms with van der Waals surface area (Å²) in [6.07, 6.45) is 4.34. The summed E-state index contributed by atoms with van der Waals surface area (Å²) in [5.74, 6) is 0.386. The van der Waals surface area contributed by atoms with E-state index in [0.29, 0.717) is 0 Å². The molecule has 172 valence electrons. The van der Waals surface area contributed by atoms with E-state index in [1.54, 1.807) is 0 Å². The van der Waals surface area contributed by atoms with Crippen molar-refractivity contribution in [3.8, 4) is 23.5 Å². The molecule has 0 saturated heterocycles. The lowest BCUT2D eigenvalue weighted by atomic mass is 9.98. The van der Waals surface area contributed by atoms with Gasteiger partial charge in [0, 0.05) is 24.8 Å². The highest BCUT2D eigenvalue weighted by atomic mass is 16.5. The second-order valence-electron chi connectivity index (χ2n) is 8.39. The van der Waals surface area contributed by atoms with Crippen LogP contribution in [-0.2, 0) is 14.3 Å². The summed E-state index contributed by atoms with van der Waals surface area (Å²) in [6.45, 7) is 3.88. The number of terminal acetylenes is 1. The lowest BCUT2D eigenvalue weighted by molar-refractivity contribution is -0.141. The molecule has 3 rings (SSSR count). The average Bonchev–Trinajstić information content (AvgIpc) is 3.10. The highest BCUT2D eigenvalue weighted by Gasteiger charge is 2.30. The van der Waals surface area contributed by atoms with Gasteiger partial charge in [0.15, 0.2) is 0 Å². The maximum Gasteiger partial charge on any atom is 0.407 e. The van der Waals surface area contributed by atoms with Gasteiger partial charge in [0.1, 0.15) is 12.6 Å². The Bertz CT molecular complexity index is 1030. The van der Waals surface area contributed by atoms with Crippen molar-refractivity contribution >= 4 is 18.0 Å². The Hall–Kier alpha value is -3.79. The molecule has 0 aromatic heterocycles. The van der Waals surface area contributed by atoms with Gasteiger partial charge in [-0.1, -0.05) is 62.4 Å². The summed E-state index contributed by atoms with van der Waals surface area (Å²) in [4.78, 5) is 36.1. The third-order valence-corrected chi connectivity index (χ3v) is 5.81. The van der Waals surface area contributed by atoms with Crippen LogP contribution in [0.15, 0.2) is 48.5 Å². The first-order valence-electron chi connectivity index (χ1n) is 10.9. The Morgan fingerprint density at radius 3 is 2.12 bits per heavy atom. The zero-order valence-electron chi connectivity index (χ0n) is 18.7. The smallest absolute Gasteiger partial charge is 0.407 e. The van der Waals surface area contributed by atoms with E-state index in [2.05, 4.69) is 28.7 Å². The van der Waals surface area contributed by atoms with E-state index >= 15 is 0 Å². The highest BCUT2D eigenvalue weighted by molar-refractivity contribution is 5.84. The molecule has 0 bridgehead atoms. The van der Waals surface area contributed by atoms with E-state index in [-0.39, 0.29) is 31.3 Å². The number of carbonyl (C=O) groups excluding carboxylic acids is 2. The van der Waals surface area contributed by atoms with Crippen molar-refractivity contribution in [3.63, 3.8) is 0 Å². The summed E-state index contributed by atoms with van der Waals surface area (Å²) in [5, 5.41) is 14.3. The molecule has 0 heterocycles. The van der Waals surface area contributed by atoms with Gasteiger partial charge in [0.25, 0.3) is 0 Å². The van der Waals surface area contributed by atoms with Crippen LogP contribution in [0.1, 0.15) is 43.7 Å². The second-order valence-corrected chi connectivity index (χ2v) is 8.39. The standard InChI is InChI=1S/C26H28N2O5/c1-4-9-22(25(30)31)27-24(29)14-23(16(2)3)28-26(32)33-15-21-19-12-7-5-10-17(19)18-11-6-8-13-20(18)21/h1,5-8,10-13,16,21-23H,9,14-15H2,2-3H3,(H,27,29)(H,28,32)(H,30,31)/t22?,23-/m1/s1. The first-order chi connectivity index (χ1) is 15.8. The first-order valence-corrected chi connectivity index (χ1v) is 10.9. The molecule has 0 spiro atoms. The number of hydrogen-bond acceptors (Lipinski definition) is 4. The van der Waals surface area contributed by atoms with E-state index < -0.39 is 30.1 Å². The van der Waals surface area contributed by atoms with Crippen molar-refractivity contribution in [1.29, 1.82) is 0 Å². The van der Waals surface area contributed by atoms with Gasteiger partial charge >= 0.3 is 12.1 Å². The molecule has 2 aromatic rings. The first kappa shape index (κ1) is 23.9. The molecule has 1 aliphatic rings. The van der Waals surface area contributed by atoms with Crippen LogP contribution < -0.4 is 10.6 Å². The number of carboxylic acids is 1. The topological polar surface area (TPSA) is 105 Å². The minimum absolute atomic E-state index is 0.0657. The normalized spacial score (nSPS) is 13.9. The molecule has 7 heteroatoms.